The molecule has 0 fully saturated rings. The van der Waals surface area contributed by atoms with Crippen molar-refractivity contribution in [3.8, 4) is 5.75 Å². The van der Waals surface area contributed by atoms with Crippen LogP contribution in [0.25, 0.3) is 0 Å². The van der Waals surface area contributed by atoms with E-state index in [4.69, 9.17) is 16.3 Å². The van der Waals surface area contributed by atoms with E-state index in [-0.39, 0.29) is 0 Å². The Bertz CT molecular complexity index is 287. The van der Waals surface area contributed by atoms with Gasteiger partial charge < -0.3 is 4.74 Å². The van der Waals surface area contributed by atoms with E-state index in [1.807, 2.05) is 43.5 Å². The average molecular weight is 226 g/mol. The summed E-state index contributed by atoms with van der Waals surface area (Å²) >= 11 is 5.44. The van der Waals surface area contributed by atoms with Crippen LogP contribution in [-0.2, 0) is 0 Å². The zero-order valence-corrected chi connectivity index (χ0v) is 9.65. The lowest BCUT2D eigenvalue weighted by Gasteiger charge is -2.14. The summed E-state index contributed by atoms with van der Waals surface area (Å²) in [5.41, 5.74) is 1.54. The average Bonchev–Trinajstić information content (AvgIpc) is 2.28. The van der Waals surface area contributed by atoms with Gasteiger partial charge in [-0.25, -0.2) is 0 Å². The number of nitrogens with zero attached hydrogens (tertiary/aromatic N) is 1. The molecule has 1 aromatic rings. The van der Waals surface area contributed by atoms with Crippen LogP contribution in [0.2, 0.25) is 0 Å². The van der Waals surface area contributed by atoms with Gasteiger partial charge >= 0.3 is 0 Å². The SMILES string of the molecule is CN(C/C=C/Cl)CCOc1ccccc1. The highest BCUT2D eigenvalue weighted by molar-refractivity contribution is 6.25. The third-order valence-electron chi connectivity index (χ3n) is 1.99. The molecular weight excluding hydrogens is 210 g/mol. The van der Waals surface area contributed by atoms with E-state index in [9.17, 15) is 0 Å². The predicted octanol–water partition coefficient (Wildman–Crippen LogP) is 2.75. The molecular formula is C12H16ClNO. The van der Waals surface area contributed by atoms with Crippen LogP contribution in [0.4, 0.5) is 0 Å². The van der Waals surface area contributed by atoms with Crippen molar-refractivity contribution < 1.29 is 4.74 Å². The standard InChI is InChI=1S/C12H16ClNO/c1-14(9-5-8-13)10-11-15-12-6-3-2-4-7-12/h2-8H,9-11H2,1H3/b8-5+. The summed E-state index contributed by atoms with van der Waals surface area (Å²) in [4.78, 5) is 2.14. The molecule has 0 spiro atoms. The monoisotopic (exact) mass is 225 g/mol. The Balaban J connectivity index is 2.16. The molecule has 0 aliphatic rings. The van der Waals surface area contributed by atoms with E-state index in [2.05, 4.69) is 4.90 Å². The third kappa shape index (κ3) is 5.45. The van der Waals surface area contributed by atoms with E-state index < -0.39 is 0 Å². The summed E-state index contributed by atoms with van der Waals surface area (Å²) < 4.78 is 5.56. The van der Waals surface area contributed by atoms with Crippen LogP contribution in [-0.4, -0.2) is 31.6 Å². The summed E-state index contributed by atoms with van der Waals surface area (Å²) in [6.07, 6.45) is 1.91. The van der Waals surface area contributed by atoms with Gasteiger partial charge in [-0.15, -0.1) is 0 Å². The molecule has 0 unspecified atom stereocenters. The summed E-state index contributed by atoms with van der Waals surface area (Å²) in [6, 6.07) is 9.83. The highest BCUT2D eigenvalue weighted by Gasteiger charge is 1.96. The first-order valence-corrected chi connectivity index (χ1v) is 5.38. The minimum absolute atomic E-state index is 0.691. The van der Waals surface area contributed by atoms with Gasteiger partial charge in [0.15, 0.2) is 0 Å². The Morgan fingerprint density at radius 2 is 2.07 bits per heavy atom. The van der Waals surface area contributed by atoms with E-state index in [0.29, 0.717) is 6.61 Å². The molecule has 0 saturated heterocycles. The lowest BCUT2D eigenvalue weighted by Crippen LogP contribution is -2.24. The summed E-state index contributed by atoms with van der Waals surface area (Å²) in [5, 5.41) is 0. The van der Waals surface area contributed by atoms with Crippen molar-refractivity contribution in [1.29, 1.82) is 0 Å². The minimum atomic E-state index is 0.691. The Morgan fingerprint density at radius 1 is 1.33 bits per heavy atom. The number of ether oxygens (including phenoxy) is 1. The normalized spacial score (nSPS) is 11.1. The van der Waals surface area contributed by atoms with Crippen molar-refractivity contribution in [2.24, 2.45) is 0 Å². The van der Waals surface area contributed by atoms with Gasteiger partial charge in [-0.1, -0.05) is 35.9 Å². The molecule has 0 atom stereocenters. The lowest BCUT2D eigenvalue weighted by atomic mass is 10.3. The van der Waals surface area contributed by atoms with Crippen molar-refractivity contribution in [3.05, 3.63) is 41.9 Å². The van der Waals surface area contributed by atoms with Crippen LogP contribution in [0.1, 0.15) is 0 Å². The van der Waals surface area contributed by atoms with E-state index in [0.717, 1.165) is 18.8 Å². The second kappa shape index (κ2) is 7.32. The molecule has 1 rings (SSSR count). The molecule has 0 bridgehead atoms. The van der Waals surface area contributed by atoms with Crippen LogP contribution in [0.5, 0.6) is 5.75 Å². The van der Waals surface area contributed by atoms with Crippen molar-refractivity contribution in [2.45, 2.75) is 0 Å². The number of rotatable bonds is 6. The second-order valence-corrected chi connectivity index (χ2v) is 3.54. The van der Waals surface area contributed by atoms with Gasteiger partial charge in [-0.2, -0.15) is 0 Å². The minimum Gasteiger partial charge on any atom is -0.492 e. The largest absolute Gasteiger partial charge is 0.492 e. The fraction of sp³-hybridized carbons (Fsp3) is 0.333. The molecule has 0 saturated carbocycles. The quantitative estimate of drug-likeness (QED) is 0.738. The molecule has 0 radical (unpaired) electrons. The topological polar surface area (TPSA) is 12.5 Å². The number of para-hydroxylation sites is 1. The van der Waals surface area contributed by atoms with Crippen LogP contribution < -0.4 is 4.74 Å². The molecule has 0 aliphatic carbocycles. The van der Waals surface area contributed by atoms with Gasteiger partial charge in [0.25, 0.3) is 0 Å². The van der Waals surface area contributed by atoms with Gasteiger partial charge in [-0.3, -0.25) is 4.90 Å². The summed E-state index contributed by atoms with van der Waals surface area (Å²) in [7, 11) is 2.03. The van der Waals surface area contributed by atoms with Crippen molar-refractivity contribution in [2.75, 3.05) is 26.7 Å². The molecule has 0 N–H and O–H groups in total. The fourth-order valence-electron chi connectivity index (χ4n) is 1.15. The number of hydrogen-bond donors (Lipinski definition) is 0. The number of benzene rings is 1. The first-order valence-electron chi connectivity index (χ1n) is 4.94. The lowest BCUT2D eigenvalue weighted by molar-refractivity contribution is 0.249. The molecule has 15 heavy (non-hydrogen) atoms. The zero-order valence-electron chi connectivity index (χ0n) is 8.90. The van der Waals surface area contributed by atoms with Crippen LogP contribution >= 0.6 is 11.6 Å². The maximum absolute atomic E-state index is 5.56. The molecule has 1 aromatic carbocycles. The highest BCUT2D eigenvalue weighted by Crippen LogP contribution is 2.07. The van der Waals surface area contributed by atoms with Gasteiger partial charge in [0.2, 0.25) is 0 Å². The molecule has 3 heteroatoms. The zero-order chi connectivity index (χ0) is 10.9. The number of halogens is 1. The Labute approximate surface area is 96.1 Å². The first kappa shape index (κ1) is 12.1. The van der Waals surface area contributed by atoms with Crippen LogP contribution in [0.15, 0.2) is 41.9 Å². The fourth-order valence-corrected chi connectivity index (χ4v) is 1.23. The Kier molecular flexibility index (Phi) is 5.90. The smallest absolute Gasteiger partial charge is 0.119 e. The van der Waals surface area contributed by atoms with Gasteiger partial charge in [-0.05, 0) is 19.2 Å². The molecule has 0 aromatic heterocycles. The second-order valence-electron chi connectivity index (χ2n) is 3.29. The van der Waals surface area contributed by atoms with Crippen molar-refractivity contribution in [1.82, 2.24) is 4.90 Å². The molecule has 2 nitrogen and oxygen atoms in total. The maximum Gasteiger partial charge on any atom is 0.119 e. The highest BCUT2D eigenvalue weighted by atomic mass is 35.5. The van der Waals surface area contributed by atoms with E-state index in [1.54, 1.807) is 0 Å². The van der Waals surface area contributed by atoms with E-state index in [1.165, 1.54) is 5.54 Å². The van der Waals surface area contributed by atoms with Crippen molar-refractivity contribution in [3.63, 3.8) is 0 Å². The van der Waals surface area contributed by atoms with Crippen molar-refractivity contribution >= 4 is 11.6 Å². The molecule has 0 amide bonds. The van der Waals surface area contributed by atoms with Gasteiger partial charge in [0, 0.05) is 18.6 Å². The predicted molar refractivity (Wildman–Crippen MR) is 64.4 cm³/mol. The maximum atomic E-state index is 5.56. The Hall–Kier alpha value is -0.990. The molecule has 0 heterocycles. The summed E-state index contributed by atoms with van der Waals surface area (Å²) in [6.45, 7) is 2.43. The van der Waals surface area contributed by atoms with Gasteiger partial charge in [0.05, 0.1) is 0 Å². The summed E-state index contributed by atoms with van der Waals surface area (Å²) in [5.74, 6) is 0.916. The van der Waals surface area contributed by atoms with Gasteiger partial charge in [0.1, 0.15) is 12.4 Å². The van der Waals surface area contributed by atoms with Crippen LogP contribution in [0, 0.1) is 0 Å². The first-order chi connectivity index (χ1) is 7.33. The molecule has 0 aliphatic heterocycles. The number of hydrogen-bond acceptors (Lipinski definition) is 2. The third-order valence-corrected chi connectivity index (χ3v) is 2.17. The molecule has 82 valence electrons. The number of likely N-dealkylation sites (N-methyl/N-ethyl adjacent to an activating group) is 1. The van der Waals surface area contributed by atoms with E-state index >= 15 is 0 Å². The Morgan fingerprint density at radius 3 is 2.73 bits per heavy atom. The van der Waals surface area contributed by atoms with Crippen LogP contribution in [0.3, 0.4) is 0 Å².